The minimum Gasteiger partial charge on any atom is -0.346 e. The number of nitrogens with one attached hydrogen (secondary N) is 1. The van der Waals surface area contributed by atoms with Crippen molar-refractivity contribution in [1.82, 2.24) is 15.2 Å². The minimum atomic E-state index is -0.276. The predicted molar refractivity (Wildman–Crippen MR) is 102 cm³/mol. The Balaban J connectivity index is 1.50. The zero-order valence-corrected chi connectivity index (χ0v) is 16.0. The van der Waals surface area contributed by atoms with Gasteiger partial charge in [0.15, 0.2) is 0 Å². The molecule has 1 saturated carbocycles. The van der Waals surface area contributed by atoms with Gasteiger partial charge in [-0.1, -0.05) is 19.3 Å². The highest BCUT2D eigenvalue weighted by Crippen LogP contribution is 2.31. The lowest BCUT2D eigenvalue weighted by Crippen LogP contribution is -2.40. The fraction of sp³-hybridized carbons (Fsp3) is 0.400. The van der Waals surface area contributed by atoms with Crippen molar-refractivity contribution in [2.75, 3.05) is 0 Å². The normalized spacial score (nSPS) is 17.3. The summed E-state index contributed by atoms with van der Waals surface area (Å²) in [4.78, 5) is 43.7. The standard InChI is InChI=1S/C20H21N3O3S/c1-12-11-27-17(22-12)10-21-18(24)13-7-8-15-16(9-13)20(26)23(19(15)25)14-5-3-2-4-6-14/h7-9,11,14H,2-6,10H2,1H3,(H,21,24). The minimum absolute atomic E-state index is 0.0171. The van der Waals surface area contributed by atoms with Gasteiger partial charge in [0.05, 0.1) is 17.7 Å². The smallest absolute Gasteiger partial charge is 0.261 e. The second-order valence-electron chi connectivity index (χ2n) is 7.10. The first-order chi connectivity index (χ1) is 13.0. The Kier molecular flexibility index (Phi) is 4.78. The summed E-state index contributed by atoms with van der Waals surface area (Å²) in [7, 11) is 0. The van der Waals surface area contributed by atoms with E-state index in [2.05, 4.69) is 10.3 Å². The number of hydrogen-bond acceptors (Lipinski definition) is 5. The van der Waals surface area contributed by atoms with Gasteiger partial charge in [-0.3, -0.25) is 19.3 Å². The molecule has 1 aromatic carbocycles. The molecule has 6 nitrogen and oxygen atoms in total. The number of imide groups is 1. The van der Waals surface area contributed by atoms with E-state index < -0.39 is 0 Å². The first kappa shape index (κ1) is 17.9. The van der Waals surface area contributed by atoms with Crippen LogP contribution < -0.4 is 5.32 Å². The van der Waals surface area contributed by atoms with Crippen LogP contribution in [0.5, 0.6) is 0 Å². The highest BCUT2D eigenvalue weighted by Gasteiger charge is 2.40. The van der Waals surface area contributed by atoms with E-state index >= 15 is 0 Å². The molecular weight excluding hydrogens is 362 g/mol. The van der Waals surface area contributed by atoms with Gasteiger partial charge < -0.3 is 5.32 Å². The van der Waals surface area contributed by atoms with Crippen LogP contribution in [0.25, 0.3) is 0 Å². The number of benzene rings is 1. The molecular formula is C20H21N3O3S. The number of thiazole rings is 1. The molecule has 7 heteroatoms. The van der Waals surface area contributed by atoms with Crippen LogP contribution in [0.2, 0.25) is 0 Å². The van der Waals surface area contributed by atoms with Crippen molar-refractivity contribution >= 4 is 29.1 Å². The molecule has 1 fully saturated rings. The molecule has 1 N–H and O–H groups in total. The largest absolute Gasteiger partial charge is 0.346 e. The van der Waals surface area contributed by atoms with Crippen molar-refractivity contribution in [2.24, 2.45) is 0 Å². The van der Waals surface area contributed by atoms with Gasteiger partial charge in [0.25, 0.3) is 17.7 Å². The van der Waals surface area contributed by atoms with Crippen LogP contribution in [0.15, 0.2) is 23.6 Å². The van der Waals surface area contributed by atoms with Crippen molar-refractivity contribution in [2.45, 2.75) is 51.6 Å². The number of amides is 3. The second kappa shape index (κ2) is 7.23. The molecule has 27 heavy (non-hydrogen) atoms. The van der Waals surface area contributed by atoms with Gasteiger partial charge in [0, 0.05) is 22.7 Å². The van der Waals surface area contributed by atoms with E-state index in [1.807, 2.05) is 12.3 Å². The summed E-state index contributed by atoms with van der Waals surface area (Å²) in [5.74, 6) is -0.777. The molecule has 0 radical (unpaired) electrons. The van der Waals surface area contributed by atoms with Gasteiger partial charge in [-0.25, -0.2) is 4.98 Å². The molecule has 1 aliphatic heterocycles. The third kappa shape index (κ3) is 3.39. The molecule has 1 aliphatic carbocycles. The van der Waals surface area contributed by atoms with E-state index in [1.54, 1.807) is 18.2 Å². The Hall–Kier alpha value is -2.54. The Morgan fingerprint density at radius 1 is 1.19 bits per heavy atom. The van der Waals surface area contributed by atoms with Gasteiger partial charge in [0.2, 0.25) is 0 Å². The average Bonchev–Trinajstić information content (AvgIpc) is 3.21. The number of aromatic nitrogens is 1. The number of nitrogens with zero attached hydrogens (tertiary/aromatic N) is 2. The third-order valence-corrected chi connectivity index (χ3v) is 6.15. The van der Waals surface area contributed by atoms with Gasteiger partial charge >= 0.3 is 0 Å². The van der Waals surface area contributed by atoms with Crippen molar-refractivity contribution in [3.8, 4) is 0 Å². The van der Waals surface area contributed by atoms with Crippen molar-refractivity contribution < 1.29 is 14.4 Å². The van der Waals surface area contributed by atoms with E-state index in [-0.39, 0.29) is 23.8 Å². The van der Waals surface area contributed by atoms with Crippen LogP contribution in [-0.2, 0) is 6.54 Å². The number of aryl methyl sites for hydroxylation is 1. The number of carbonyl (C=O) groups is 3. The maximum atomic E-state index is 12.8. The fourth-order valence-electron chi connectivity index (χ4n) is 3.81. The van der Waals surface area contributed by atoms with Gasteiger partial charge in [-0.2, -0.15) is 0 Å². The monoisotopic (exact) mass is 383 g/mol. The number of hydrogen-bond donors (Lipinski definition) is 1. The van der Waals surface area contributed by atoms with Gasteiger partial charge in [-0.15, -0.1) is 11.3 Å². The lowest BCUT2D eigenvalue weighted by molar-refractivity contribution is 0.0549. The summed E-state index contributed by atoms with van der Waals surface area (Å²) in [5.41, 5.74) is 2.04. The quantitative estimate of drug-likeness (QED) is 0.822. The van der Waals surface area contributed by atoms with E-state index in [0.717, 1.165) is 42.8 Å². The van der Waals surface area contributed by atoms with Gasteiger partial charge in [0.1, 0.15) is 5.01 Å². The topological polar surface area (TPSA) is 79.4 Å². The molecule has 0 unspecified atom stereocenters. The third-order valence-electron chi connectivity index (χ3n) is 5.19. The Morgan fingerprint density at radius 3 is 2.63 bits per heavy atom. The lowest BCUT2D eigenvalue weighted by atomic mass is 9.94. The number of carbonyl (C=O) groups excluding carboxylic acids is 3. The predicted octanol–water partition coefficient (Wildman–Crippen LogP) is 3.31. The fourth-order valence-corrected chi connectivity index (χ4v) is 4.52. The molecule has 4 rings (SSSR count). The molecule has 3 amide bonds. The lowest BCUT2D eigenvalue weighted by Gasteiger charge is -2.29. The SMILES string of the molecule is Cc1csc(CNC(=O)c2ccc3c(c2)C(=O)N(C2CCCCC2)C3=O)n1. The van der Waals surface area contributed by atoms with Gasteiger partial charge in [-0.05, 0) is 38.0 Å². The van der Waals surface area contributed by atoms with E-state index in [1.165, 1.54) is 16.2 Å². The first-order valence-electron chi connectivity index (χ1n) is 9.26. The summed E-state index contributed by atoms with van der Waals surface area (Å²) in [5, 5.41) is 5.58. The highest BCUT2D eigenvalue weighted by atomic mass is 32.1. The van der Waals surface area contributed by atoms with E-state index in [0.29, 0.717) is 23.2 Å². The molecule has 0 atom stereocenters. The first-order valence-corrected chi connectivity index (χ1v) is 10.1. The number of fused-ring (bicyclic) bond motifs is 1. The maximum Gasteiger partial charge on any atom is 0.261 e. The Bertz CT molecular complexity index is 915. The Morgan fingerprint density at radius 2 is 1.93 bits per heavy atom. The van der Waals surface area contributed by atoms with Crippen LogP contribution in [0.1, 0.15) is 73.9 Å². The molecule has 2 heterocycles. The molecule has 2 aliphatic rings. The summed E-state index contributed by atoms with van der Waals surface area (Å²) >= 11 is 1.49. The summed E-state index contributed by atoms with van der Waals surface area (Å²) in [6.07, 6.45) is 4.98. The van der Waals surface area contributed by atoms with Crippen LogP contribution >= 0.6 is 11.3 Å². The van der Waals surface area contributed by atoms with Crippen LogP contribution in [0.4, 0.5) is 0 Å². The van der Waals surface area contributed by atoms with Crippen molar-refractivity contribution in [3.63, 3.8) is 0 Å². The molecule has 140 valence electrons. The average molecular weight is 383 g/mol. The zero-order chi connectivity index (χ0) is 19.0. The summed E-state index contributed by atoms with van der Waals surface area (Å²) in [6.45, 7) is 2.25. The maximum absolute atomic E-state index is 12.8. The summed E-state index contributed by atoms with van der Waals surface area (Å²) < 4.78 is 0. The van der Waals surface area contributed by atoms with Crippen LogP contribution in [0.3, 0.4) is 0 Å². The zero-order valence-electron chi connectivity index (χ0n) is 15.2. The number of rotatable bonds is 4. The van der Waals surface area contributed by atoms with Crippen LogP contribution in [0, 0.1) is 6.92 Å². The molecule has 0 bridgehead atoms. The van der Waals surface area contributed by atoms with Crippen LogP contribution in [-0.4, -0.2) is 33.6 Å². The van der Waals surface area contributed by atoms with Crippen molar-refractivity contribution in [3.05, 3.63) is 51.0 Å². The van der Waals surface area contributed by atoms with E-state index in [9.17, 15) is 14.4 Å². The second-order valence-corrected chi connectivity index (χ2v) is 8.04. The summed E-state index contributed by atoms with van der Waals surface area (Å²) in [6, 6.07) is 4.73. The highest BCUT2D eigenvalue weighted by molar-refractivity contribution is 7.09. The molecule has 0 saturated heterocycles. The molecule has 1 aromatic heterocycles. The Labute approximate surface area is 161 Å². The van der Waals surface area contributed by atoms with E-state index in [4.69, 9.17) is 0 Å². The van der Waals surface area contributed by atoms with Crippen molar-refractivity contribution in [1.29, 1.82) is 0 Å². The molecule has 2 aromatic rings. The molecule has 0 spiro atoms.